The van der Waals surface area contributed by atoms with E-state index in [4.69, 9.17) is 0 Å². The quantitative estimate of drug-likeness (QED) is 0.712. The van der Waals surface area contributed by atoms with Gasteiger partial charge in [0.2, 0.25) is 11.8 Å². The summed E-state index contributed by atoms with van der Waals surface area (Å²) in [4.78, 5) is 28.2. The SMILES string of the molecule is CCc1ccc(C2CC(C(=O)Nc3ccccc3)CN(C(=O)C(C)(C)CC)C2)cc1. The second kappa shape index (κ2) is 9.46. The molecule has 2 aromatic carbocycles. The Kier molecular flexibility index (Phi) is 6.96. The highest BCUT2D eigenvalue weighted by Gasteiger charge is 2.38. The summed E-state index contributed by atoms with van der Waals surface area (Å²) in [6.07, 6.45) is 2.53. The minimum Gasteiger partial charge on any atom is -0.341 e. The minimum absolute atomic E-state index is 0.0109. The van der Waals surface area contributed by atoms with E-state index in [-0.39, 0.29) is 23.7 Å². The highest BCUT2D eigenvalue weighted by atomic mass is 16.2. The molecule has 4 nitrogen and oxygen atoms in total. The number of piperidine rings is 1. The van der Waals surface area contributed by atoms with Crippen molar-refractivity contribution in [3.63, 3.8) is 0 Å². The first-order valence-corrected chi connectivity index (χ1v) is 11.1. The molecule has 30 heavy (non-hydrogen) atoms. The predicted molar refractivity (Wildman–Crippen MR) is 122 cm³/mol. The lowest BCUT2D eigenvalue weighted by Crippen LogP contribution is -2.50. The van der Waals surface area contributed by atoms with Crippen molar-refractivity contribution in [2.75, 3.05) is 18.4 Å². The van der Waals surface area contributed by atoms with Crippen LogP contribution in [0, 0.1) is 11.3 Å². The molecule has 160 valence electrons. The number of benzene rings is 2. The number of aryl methyl sites for hydroxylation is 1. The number of carbonyl (C=O) groups excluding carboxylic acids is 2. The lowest BCUT2D eigenvalue weighted by molar-refractivity contribution is -0.143. The zero-order chi connectivity index (χ0) is 21.7. The predicted octanol–water partition coefficient (Wildman–Crippen LogP) is 5.26. The Morgan fingerprint density at radius 2 is 1.67 bits per heavy atom. The van der Waals surface area contributed by atoms with Crippen molar-refractivity contribution in [3.05, 3.63) is 65.7 Å². The van der Waals surface area contributed by atoms with E-state index in [9.17, 15) is 9.59 Å². The van der Waals surface area contributed by atoms with Crippen molar-refractivity contribution in [1.29, 1.82) is 0 Å². The second-order valence-corrected chi connectivity index (χ2v) is 9.03. The van der Waals surface area contributed by atoms with Crippen LogP contribution < -0.4 is 5.32 Å². The van der Waals surface area contributed by atoms with Gasteiger partial charge in [-0.05, 0) is 42.5 Å². The van der Waals surface area contributed by atoms with E-state index in [0.717, 1.165) is 24.9 Å². The van der Waals surface area contributed by atoms with Crippen LogP contribution in [-0.4, -0.2) is 29.8 Å². The number of likely N-dealkylation sites (tertiary alicyclic amines) is 1. The van der Waals surface area contributed by atoms with Crippen LogP contribution in [0.5, 0.6) is 0 Å². The number of hydrogen-bond donors (Lipinski definition) is 1. The fraction of sp³-hybridized carbons (Fsp3) is 0.462. The molecule has 1 heterocycles. The summed E-state index contributed by atoms with van der Waals surface area (Å²) in [5.74, 6) is 0.0553. The standard InChI is InChI=1S/C26H34N2O2/c1-5-19-12-14-20(15-13-19)21-16-22(24(29)27-23-10-8-7-9-11-23)18-28(17-21)25(30)26(3,4)6-2/h7-15,21-22H,5-6,16-18H2,1-4H3,(H,27,29). The minimum atomic E-state index is -0.422. The maximum Gasteiger partial charge on any atom is 0.229 e. The highest BCUT2D eigenvalue weighted by molar-refractivity contribution is 5.93. The number of nitrogens with zero attached hydrogens (tertiary/aromatic N) is 1. The molecule has 1 saturated heterocycles. The Labute approximate surface area is 180 Å². The van der Waals surface area contributed by atoms with E-state index < -0.39 is 5.41 Å². The summed E-state index contributed by atoms with van der Waals surface area (Å²) in [6, 6.07) is 18.2. The zero-order valence-electron chi connectivity index (χ0n) is 18.7. The molecule has 0 saturated carbocycles. The largest absolute Gasteiger partial charge is 0.341 e. The molecule has 0 radical (unpaired) electrons. The molecular weight excluding hydrogens is 372 g/mol. The number of amides is 2. The van der Waals surface area contributed by atoms with E-state index in [1.165, 1.54) is 11.1 Å². The molecule has 0 aliphatic carbocycles. The lowest BCUT2D eigenvalue weighted by Gasteiger charge is -2.40. The number of anilines is 1. The van der Waals surface area contributed by atoms with Gasteiger partial charge in [0, 0.05) is 30.1 Å². The van der Waals surface area contributed by atoms with Crippen LogP contribution in [0.15, 0.2) is 54.6 Å². The van der Waals surface area contributed by atoms with Gasteiger partial charge in [0.25, 0.3) is 0 Å². The van der Waals surface area contributed by atoms with Crippen molar-refractivity contribution in [1.82, 2.24) is 4.90 Å². The van der Waals surface area contributed by atoms with Gasteiger partial charge < -0.3 is 10.2 Å². The van der Waals surface area contributed by atoms with E-state index in [0.29, 0.717) is 13.1 Å². The van der Waals surface area contributed by atoms with Crippen molar-refractivity contribution in [3.8, 4) is 0 Å². The molecule has 2 unspecified atom stereocenters. The van der Waals surface area contributed by atoms with Gasteiger partial charge in [0.1, 0.15) is 0 Å². The Morgan fingerprint density at radius 1 is 1.00 bits per heavy atom. The molecule has 3 rings (SSSR count). The molecular formula is C26H34N2O2. The van der Waals surface area contributed by atoms with Crippen LogP contribution >= 0.6 is 0 Å². The third-order valence-electron chi connectivity index (χ3n) is 6.47. The maximum absolute atomic E-state index is 13.2. The van der Waals surface area contributed by atoms with Gasteiger partial charge in [0.05, 0.1) is 5.92 Å². The average molecular weight is 407 g/mol. The third kappa shape index (κ3) is 5.10. The van der Waals surface area contributed by atoms with Crippen LogP contribution in [0.1, 0.15) is 57.6 Å². The van der Waals surface area contributed by atoms with Crippen LogP contribution in [0.25, 0.3) is 0 Å². The van der Waals surface area contributed by atoms with Crippen molar-refractivity contribution < 1.29 is 9.59 Å². The van der Waals surface area contributed by atoms with Gasteiger partial charge in [0.15, 0.2) is 0 Å². The molecule has 2 atom stereocenters. The topological polar surface area (TPSA) is 49.4 Å². The highest BCUT2D eigenvalue weighted by Crippen LogP contribution is 2.34. The van der Waals surface area contributed by atoms with Crippen molar-refractivity contribution >= 4 is 17.5 Å². The molecule has 0 spiro atoms. The van der Waals surface area contributed by atoms with Crippen LogP contribution in [0.2, 0.25) is 0 Å². The number of para-hydroxylation sites is 1. The molecule has 0 bridgehead atoms. The van der Waals surface area contributed by atoms with Gasteiger partial charge in [-0.1, -0.05) is 70.2 Å². The van der Waals surface area contributed by atoms with Gasteiger partial charge in [-0.25, -0.2) is 0 Å². The first-order valence-electron chi connectivity index (χ1n) is 11.1. The van der Waals surface area contributed by atoms with Crippen molar-refractivity contribution in [2.24, 2.45) is 11.3 Å². The van der Waals surface area contributed by atoms with Crippen LogP contribution in [-0.2, 0) is 16.0 Å². The Balaban J connectivity index is 1.84. The summed E-state index contributed by atoms with van der Waals surface area (Å²) >= 11 is 0. The fourth-order valence-corrected chi connectivity index (χ4v) is 4.07. The smallest absolute Gasteiger partial charge is 0.229 e. The summed E-state index contributed by atoms with van der Waals surface area (Å²) < 4.78 is 0. The number of rotatable bonds is 6. The van der Waals surface area contributed by atoms with Gasteiger partial charge in [-0.3, -0.25) is 9.59 Å². The monoisotopic (exact) mass is 406 g/mol. The summed E-state index contributed by atoms with van der Waals surface area (Å²) in [5.41, 5.74) is 2.88. The first-order chi connectivity index (χ1) is 14.3. The molecule has 1 N–H and O–H groups in total. The first kappa shape index (κ1) is 22.1. The Hall–Kier alpha value is -2.62. The molecule has 1 aliphatic rings. The molecule has 2 amide bonds. The lowest BCUT2D eigenvalue weighted by atomic mass is 9.81. The zero-order valence-corrected chi connectivity index (χ0v) is 18.7. The fourth-order valence-electron chi connectivity index (χ4n) is 4.07. The normalized spacial score (nSPS) is 19.4. The van der Waals surface area contributed by atoms with Crippen LogP contribution in [0.3, 0.4) is 0 Å². The van der Waals surface area contributed by atoms with E-state index in [1.807, 2.05) is 56.0 Å². The number of hydrogen-bond acceptors (Lipinski definition) is 2. The molecule has 1 aliphatic heterocycles. The summed E-state index contributed by atoms with van der Waals surface area (Å²) in [7, 11) is 0. The Morgan fingerprint density at radius 3 is 2.27 bits per heavy atom. The Bertz CT molecular complexity index is 858. The van der Waals surface area contributed by atoms with Gasteiger partial charge in [-0.15, -0.1) is 0 Å². The van der Waals surface area contributed by atoms with E-state index in [2.05, 4.69) is 36.5 Å². The average Bonchev–Trinajstić information content (AvgIpc) is 2.79. The summed E-state index contributed by atoms with van der Waals surface area (Å²) in [5, 5.41) is 3.04. The number of carbonyl (C=O) groups is 2. The van der Waals surface area contributed by atoms with E-state index in [1.54, 1.807) is 0 Å². The molecule has 1 fully saturated rings. The van der Waals surface area contributed by atoms with Gasteiger partial charge in [-0.2, -0.15) is 0 Å². The third-order valence-corrected chi connectivity index (χ3v) is 6.47. The van der Waals surface area contributed by atoms with Crippen molar-refractivity contribution in [2.45, 2.75) is 52.9 Å². The molecule has 2 aromatic rings. The molecule has 0 aromatic heterocycles. The van der Waals surface area contributed by atoms with Crippen LogP contribution in [0.4, 0.5) is 5.69 Å². The maximum atomic E-state index is 13.2. The van der Waals surface area contributed by atoms with Gasteiger partial charge >= 0.3 is 0 Å². The second-order valence-electron chi connectivity index (χ2n) is 9.03. The number of nitrogens with one attached hydrogen (secondary N) is 1. The van der Waals surface area contributed by atoms with E-state index >= 15 is 0 Å². The summed E-state index contributed by atoms with van der Waals surface area (Å²) in [6.45, 7) is 9.32. The molecule has 4 heteroatoms.